The standard InChI is InChI=1S/C26H25FN4O2/c1-3-23(33-24-10-5-4-9-22(24)27)26(32)29-16-18-7-6-8-20(15-18)25-21(17-31(2)30-25)19-11-13-28-14-12-19/h4-15,17,23H,3,16H2,1-2H3,(H,29,32)/t23-/m0/s1. The minimum atomic E-state index is -0.779. The molecular weight excluding hydrogens is 419 g/mol. The fourth-order valence-electron chi connectivity index (χ4n) is 3.59. The first-order valence-electron chi connectivity index (χ1n) is 10.8. The van der Waals surface area contributed by atoms with E-state index in [1.54, 1.807) is 29.2 Å². The van der Waals surface area contributed by atoms with Gasteiger partial charge in [-0.05, 0) is 47.9 Å². The lowest BCUT2D eigenvalue weighted by Gasteiger charge is -2.17. The molecule has 0 bridgehead atoms. The minimum absolute atomic E-state index is 0.0697. The second kappa shape index (κ2) is 10.1. The molecule has 0 fully saturated rings. The number of halogens is 1. The molecule has 0 saturated carbocycles. The summed E-state index contributed by atoms with van der Waals surface area (Å²) >= 11 is 0. The molecule has 168 valence electrons. The lowest BCUT2D eigenvalue weighted by molar-refractivity contribution is -0.128. The smallest absolute Gasteiger partial charge is 0.261 e. The zero-order chi connectivity index (χ0) is 23.2. The Hall–Kier alpha value is -4.00. The van der Waals surface area contributed by atoms with E-state index in [2.05, 4.69) is 15.4 Å². The van der Waals surface area contributed by atoms with Crippen LogP contribution in [0.2, 0.25) is 0 Å². The molecular formula is C26H25FN4O2. The van der Waals surface area contributed by atoms with Gasteiger partial charge in [-0.2, -0.15) is 5.10 Å². The number of hydrogen-bond acceptors (Lipinski definition) is 4. The van der Waals surface area contributed by atoms with E-state index in [4.69, 9.17) is 4.74 Å². The molecule has 0 spiro atoms. The van der Waals surface area contributed by atoms with Crippen molar-refractivity contribution in [2.24, 2.45) is 7.05 Å². The first kappa shape index (κ1) is 22.2. The first-order valence-corrected chi connectivity index (χ1v) is 10.8. The normalized spacial score (nSPS) is 11.7. The third-order valence-corrected chi connectivity index (χ3v) is 5.26. The topological polar surface area (TPSA) is 69.0 Å². The molecule has 1 N–H and O–H groups in total. The number of amides is 1. The van der Waals surface area contributed by atoms with Crippen LogP contribution in [-0.2, 0) is 18.4 Å². The van der Waals surface area contributed by atoms with Gasteiger partial charge >= 0.3 is 0 Å². The van der Waals surface area contributed by atoms with Crippen molar-refractivity contribution in [3.8, 4) is 28.1 Å². The highest BCUT2D eigenvalue weighted by Crippen LogP contribution is 2.31. The van der Waals surface area contributed by atoms with Gasteiger partial charge in [0.15, 0.2) is 17.7 Å². The molecule has 0 aliphatic heterocycles. The molecule has 1 atom stereocenters. The number of aryl methyl sites for hydroxylation is 1. The zero-order valence-corrected chi connectivity index (χ0v) is 18.5. The largest absolute Gasteiger partial charge is 0.478 e. The van der Waals surface area contributed by atoms with Crippen molar-refractivity contribution in [2.45, 2.75) is 26.0 Å². The molecule has 1 amide bonds. The van der Waals surface area contributed by atoms with Gasteiger partial charge in [-0.1, -0.05) is 37.3 Å². The number of carbonyl (C=O) groups excluding carboxylic acids is 1. The van der Waals surface area contributed by atoms with Gasteiger partial charge in [0, 0.05) is 43.3 Å². The number of hydrogen-bond donors (Lipinski definition) is 1. The Morgan fingerprint density at radius 3 is 2.64 bits per heavy atom. The number of pyridine rings is 1. The number of nitrogens with one attached hydrogen (secondary N) is 1. The van der Waals surface area contributed by atoms with Gasteiger partial charge in [0.1, 0.15) is 5.69 Å². The summed E-state index contributed by atoms with van der Waals surface area (Å²) < 4.78 is 21.3. The van der Waals surface area contributed by atoms with Gasteiger partial charge in [-0.15, -0.1) is 0 Å². The lowest BCUT2D eigenvalue weighted by atomic mass is 10.0. The van der Waals surface area contributed by atoms with Crippen molar-refractivity contribution in [3.63, 3.8) is 0 Å². The molecule has 7 heteroatoms. The van der Waals surface area contributed by atoms with Gasteiger partial charge in [0.2, 0.25) is 0 Å². The van der Waals surface area contributed by atoms with Gasteiger partial charge in [-0.3, -0.25) is 14.5 Å². The summed E-state index contributed by atoms with van der Waals surface area (Å²) in [5.74, 6) is -0.710. The highest BCUT2D eigenvalue weighted by Gasteiger charge is 2.20. The van der Waals surface area contributed by atoms with Gasteiger partial charge in [0.25, 0.3) is 5.91 Å². The SMILES string of the molecule is CC[C@H](Oc1ccccc1F)C(=O)NCc1cccc(-c2nn(C)cc2-c2ccncc2)c1. The Balaban J connectivity index is 1.48. The Bertz CT molecular complexity index is 1240. The molecule has 4 aromatic rings. The second-order valence-electron chi connectivity index (χ2n) is 7.66. The van der Waals surface area contributed by atoms with E-state index in [0.29, 0.717) is 13.0 Å². The van der Waals surface area contributed by atoms with Crippen LogP contribution >= 0.6 is 0 Å². The quantitative estimate of drug-likeness (QED) is 0.425. The van der Waals surface area contributed by atoms with Crippen LogP contribution in [0.1, 0.15) is 18.9 Å². The predicted octanol–water partition coefficient (Wildman–Crippen LogP) is 4.76. The Kier molecular flexibility index (Phi) is 6.78. The van der Waals surface area contributed by atoms with Crippen LogP contribution in [-0.4, -0.2) is 26.8 Å². The summed E-state index contributed by atoms with van der Waals surface area (Å²) in [4.78, 5) is 16.8. The summed E-state index contributed by atoms with van der Waals surface area (Å²) in [6, 6.07) is 17.9. The van der Waals surface area contributed by atoms with Crippen LogP contribution in [0.15, 0.2) is 79.3 Å². The summed E-state index contributed by atoms with van der Waals surface area (Å²) in [5, 5.41) is 7.54. The van der Waals surface area contributed by atoms with E-state index >= 15 is 0 Å². The fraction of sp³-hybridized carbons (Fsp3) is 0.192. The summed E-state index contributed by atoms with van der Waals surface area (Å²) in [7, 11) is 1.89. The molecule has 0 aliphatic rings. The highest BCUT2D eigenvalue weighted by atomic mass is 19.1. The molecule has 2 aromatic heterocycles. The summed E-state index contributed by atoms with van der Waals surface area (Å²) in [6.45, 7) is 2.15. The summed E-state index contributed by atoms with van der Waals surface area (Å²) in [6.07, 6.45) is 5.13. The molecule has 2 heterocycles. The van der Waals surface area contributed by atoms with Crippen molar-refractivity contribution in [1.29, 1.82) is 0 Å². The van der Waals surface area contributed by atoms with Crippen molar-refractivity contribution in [3.05, 3.63) is 90.6 Å². The first-order chi connectivity index (χ1) is 16.0. The fourth-order valence-corrected chi connectivity index (χ4v) is 3.59. The minimum Gasteiger partial charge on any atom is -0.478 e. The van der Waals surface area contributed by atoms with E-state index < -0.39 is 11.9 Å². The maximum atomic E-state index is 13.9. The maximum Gasteiger partial charge on any atom is 0.261 e. The van der Waals surface area contributed by atoms with E-state index in [1.165, 1.54) is 12.1 Å². The average molecular weight is 445 g/mol. The summed E-state index contributed by atoms with van der Waals surface area (Å²) in [5.41, 5.74) is 4.76. The molecule has 6 nitrogen and oxygen atoms in total. The van der Waals surface area contributed by atoms with Crippen LogP contribution in [0.5, 0.6) is 5.75 Å². The monoisotopic (exact) mass is 444 g/mol. The maximum absolute atomic E-state index is 13.9. The third kappa shape index (κ3) is 5.26. The van der Waals surface area contributed by atoms with E-state index in [1.807, 2.05) is 56.6 Å². The van der Waals surface area contributed by atoms with Crippen molar-refractivity contribution in [2.75, 3.05) is 0 Å². The highest BCUT2D eigenvalue weighted by molar-refractivity contribution is 5.82. The molecule has 0 radical (unpaired) electrons. The number of ether oxygens (including phenoxy) is 1. The van der Waals surface area contributed by atoms with E-state index in [0.717, 1.165) is 27.9 Å². The third-order valence-electron chi connectivity index (χ3n) is 5.26. The van der Waals surface area contributed by atoms with E-state index in [9.17, 15) is 9.18 Å². The Labute approximate surface area is 192 Å². The number of carbonyl (C=O) groups is 1. The van der Waals surface area contributed by atoms with Crippen molar-refractivity contribution >= 4 is 5.91 Å². The molecule has 0 aliphatic carbocycles. The van der Waals surface area contributed by atoms with Gasteiger partial charge in [0.05, 0.1) is 0 Å². The molecule has 0 unspecified atom stereocenters. The molecule has 0 saturated heterocycles. The van der Waals surface area contributed by atoms with Crippen LogP contribution in [0, 0.1) is 5.82 Å². The van der Waals surface area contributed by atoms with Gasteiger partial charge < -0.3 is 10.1 Å². The number of benzene rings is 2. The van der Waals surface area contributed by atoms with Crippen LogP contribution in [0.25, 0.3) is 22.4 Å². The van der Waals surface area contributed by atoms with Crippen LogP contribution in [0.4, 0.5) is 4.39 Å². The number of aromatic nitrogens is 3. The van der Waals surface area contributed by atoms with Gasteiger partial charge in [-0.25, -0.2) is 4.39 Å². The number of rotatable bonds is 8. The molecule has 2 aromatic carbocycles. The van der Waals surface area contributed by atoms with Crippen LogP contribution < -0.4 is 10.1 Å². The average Bonchev–Trinajstić information content (AvgIpc) is 3.24. The predicted molar refractivity (Wildman–Crippen MR) is 125 cm³/mol. The van der Waals surface area contributed by atoms with Crippen LogP contribution in [0.3, 0.4) is 0 Å². The molecule has 4 rings (SSSR count). The lowest BCUT2D eigenvalue weighted by Crippen LogP contribution is -2.37. The zero-order valence-electron chi connectivity index (χ0n) is 18.5. The molecule has 33 heavy (non-hydrogen) atoms. The van der Waals surface area contributed by atoms with Crippen molar-refractivity contribution < 1.29 is 13.9 Å². The van der Waals surface area contributed by atoms with E-state index in [-0.39, 0.29) is 11.7 Å². The number of para-hydroxylation sites is 1. The Morgan fingerprint density at radius 1 is 1.09 bits per heavy atom. The Morgan fingerprint density at radius 2 is 1.88 bits per heavy atom. The second-order valence-corrected chi connectivity index (χ2v) is 7.66. The number of nitrogens with zero attached hydrogens (tertiary/aromatic N) is 3. The van der Waals surface area contributed by atoms with Crippen molar-refractivity contribution in [1.82, 2.24) is 20.1 Å².